The van der Waals surface area contributed by atoms with Crippen LogP contribution in [0.15, 0.2) is 22.7 Å². The highest BCUT2D eigenvalue weighted by atomic mass is 79.9. The van der Waals surface area contributed by atoms with Crippen molar-refractivity contribution in [3.8, 4) is 11.8 Å². The molecular weight excluding hydrogens is 259 g/mol. The molecule has 0 radical (unpaired) electrons. The number of Topliss-reactive ketones (excluding diaryl/α,β-unsaturated/α-hetero) is 1. The summed E-state index contributed by atoms with van der Waals surface area (Å²) < 4.78 is 13.3. The van der Waals surface area contributed by atoms with Crippen LogP contribution in [0.25, 0.3) is 0 Å². The molecule has 1 rings (SSSR count). The van der Waals surface area contributed by atoms with Crippen molar-refractivity contribution < 1.29 is 9.18 Å². The fraction of sp³-hybridized carbons (Fsp3) is 0.250. The first-order valence-corrected chi connectivity index (χ1v) is 5.33. The first-order valence-electron chi connectivity index (χ1n) is 4.53. The highest BCUT2D eigenvalue weighted by Gasteiger charge is 2.11. The molecule has 0 fully saturated rings. The average Bonchev–Trinajstić information content (AvgIpc) is 2.22. The quantitative estimate of drug-likeness (QED) is 0.605. The van der Waals surface area contributed by atoms with Crippen molar-refractivity contribution in [2.75, 3.05) is 0 Å². The smallest absolute Gasteiger partial charge is 0.165 e. The molecule has 3 heteroatoms. The summed E-state index contributed by atoms with van der Waals surface area (Å²) in [6.07, 6.45) is 0.835. The summed E-state index contributed by atoms with van der Waals surface area (Å²) >= 11 is 3.06. The highest BCUT2D eigenvalue weighted by Crippen LogP contribution is 2.21. The molecule has 0 amide bonds. The van der Waals surface area contributed by atoms with Crippen molar-refractivity contribution in [3.63, 3.8) is 0 Å². The third-order valence-electron chi connectivity index (χ3n) is 1.91. The van der Waals surface area contributed by atoms with Gasteiger partial charge in [-0.05, 0) is 28.9 Å². The van der Waals surface area contributed by atoms with Gasteiger partial charge in [0.2, 0.25) is 0 Å². The van der Waals surface area contributed by atoms with Gasteiger partial charge in [0.15, 0.2) is 5.78 Å². The van der Waals surface area contributed by atoms with E-state index in [2.05, 4.69) is 27.8 Å². The standard InChI is InChI=1S/C12H10BrFO/c1-2-3-4-8-11(15)9-6-5-7-10(14)12(9)13/h5-7H,4,8H2,1H3. The lowest BCUT2D eigenvalue weighted by Gasteiger charge is -2.02. The van der Waals surface area contributed by atoms with Crippen LogP contribution in [-0.2, 0) is 0 Å². The van der Waals surface area contributed by atoms with Crippen LogP contribution in [0.5, 0.6) is 0 Å². The number of carbonyl (C=O) groups excluding carboxylic acids is 1. The van der Waals surface area contributed by atoms with Crippen molar-refractivity contribution in [1.29, 1.82) is 0 Å². The van der Waals surface area contributed by atoms with E-state index >= 15 is 0 Å². The van der Waals surface area contributed by atoms with Gasteiger partial charge in [-0.15, -0.1) is 11.8 Å². The fourth-order valence-corrected chi connectivity index (χ4v) is 1.64. The Morgan fingerprint density at radius 3 is 2.93 bits per heavy atom. The second-order valence-electron chi connectivity index (χ2n) is 2.95. The SMILES string of the molecule is CC#CCCC(=O)c1cccc(F)c1Br. The van der Waals surface area contributed by atoms with E-state index in [0.29, 0.717) is 18.4 Å². The lowest BCUT2D eigenvalue weighted by Crippen LogP contribution is -2.00. The van der Waals surface area contributed by atoms with Gasteiger partial charge < -0.3 is 0 Å². The van der Waals surface area contributed by atoms with E-state index < -0.39 is 5.82 Å². The molecule has 0 unspecified atom stereocenters. The minimum atomic E-state index is -0.414. The van der Waals surface area contributed by atoms with Crippen LogP contribution in [-0.4, -0.2) is 5.78 Å². The van der Waals surface area contributed by atoms with E-state index in [0.717, 1.165) is 0 Å². The van der Waals surface area contributed by atoms with Crippen LogP contribution < -0.4 is 0 Å². The van der Waals surface area contributed by atoms with Crippen molar-refractivity contribution in [1.82, 2.24) is 0 Å². The normalized spacial score (nSPS) is 9.27. The maximum atomic E-state index is 13.1. The van der Waals surface area contributed by atoms with Gasteiger partial charge in [-0.25, -0.2) is 4.39 Å². The number of halogens is 2. The van der Waals surface area contributed by atoms with E-state index in [9.17, 15) is 9.18 Å². The Hall–Kier alpha value is -1.14. The monoisotopic (exact) mass is 268 g/mol. The molecule has 0 aliphatic carbocycles. The van der Waals surface area contributed by atoms with E-state index in [1.165, 1.54) is 12.1 Å². The van der Waals surface area contributed by atoms with E-state index in [1.807, 2.05) is 0 Å². The van der Waals surface area contributed by atoms with Gasteiger partial charge in [-0.3, -0.25) is 4.79 Å². The molecule has 1 aromatic rings. The Balaban J connectivity index is 2.81. The third-order valence-corrected chi connectivity index (χ3v) is 2.71. The summed E-state index contributed by atoms with van der Waals surface area (Å²) in [5.74, 6) is 5.01. The van der Waals surface area contributed by atoms with E-state index in [4.69, 9.17) is 0 Å². The van der Waals surface area contributed by atoms with Crippen LogP contribution in [0.3, 0.4) is 0 Å². The minimum absolute atomic E-state index is 0.0934. The van der Waals surface area contributed by atoms with Crippen LogP contribution in [0, 0.1) is 17.7 Å². The molecule has 0 aromatic heterocycles. The fourth-order valence-electron chi connectivity index (χ4n) is 1.15. The van der Waals surface area contributed by atoms with Crippen molar-refractivity contribution >= 4 is 21.7 Å². The first-order chi connectivity index (χ1) is 7.16. The minimum Gasteiger partial charge on any atom is -0.294 e. The van der Waals surface area contributed by atoms with Gasteiger partial charge >= 0.3 is 0 Å². The number of hydrogen-bond donors (Lipinski definition) is 0. The lowest BCUT2D eigenvalue weighted by atomic mass is 10.1. The Bertz CT molecular complexity index is 429. The molecule has 0 saturated carbocycles. The molecule has 1 nitrogen and oxygen atoms in total. The summed E-state index contributed by atoms with van der Waals surface area (Å²) in [6, 6.07) is 4.44. The summed E-state index contributed by atoms with van der Waals surface area (Å²) in [5, 5.41) is 0. The van der Waals surface area contributed by atoms with Gasteiger partial charge in [0, 0.05) is 18.4 Å². The predicted octanol–water partition coefficient (Wildman–Crippen LogP) is 3.57. The zero-order valence-electron chi connectivity index (χ0n) is 8.31. The first kappa shape index (κ1) is 11.9. The van der Waals surface area contributed by atoms with Crippen LogP contribution in [0.2, 0.25) is 0 Å². The molecular formula is C12H10BrFO. The molecule has 0 aliphatic heterocycles. The molecule has 0 atom stereocenters. The summed E-state index contributed by atoms with van der Waals surface area (Å²) in [7, 11) is 0. The van der Waals surface area contributed by atoms with Crippen molar-refractivity contribution in [2.45, 2.75) is 19.8 Å². The van der Waals surface area contributed by atoms with Crippen molar-refractivity contribution in [2.24, 2.45) is 0 Å². The number of hydrogen-bond acceptors (Lipinski definition) is 1. The number of benzene rings is 1. The zero-order chi connectivity index (χ0) is 11.3. The molecule has 0 bridgehead atoms. The molecule has 15 heavy (non-hydrogen) atoms. The largest absolute Gasteiger partial charge is 0.294 e. The Morgan fingerprint density at radius 1 is 1.53 bits per heavy atom. The average molecular weight is 269 g/mol. The number of rotatable bonds is 3. The number of carbonyl (C=O) groups is 1. The van der Waals surface area contributed by atoms with Gasteiger partial charge in [-0.2, -0.15) is 0 Å². The van der Waals surface area contributed by atoms with Crippen LogP contribution in [0.4, 0.5) is 4.39 Å². The highest BCUT2D eigenvalue weighted by molar-refractivity contribution is 9.10. The number of ketones is 1. The molecule has 1 aromatic carbocycles. The zero-order valence-corrected chi connectivity index (χ0v) is 9.90. The van der Waals surface area contributed by atoms with Crippen molar-refractivity contribution in [3.05, 3.63) is 34.1 Å². The second kappa shape index (κ2) is 5.67. The Morgan fingerprint density at radius 2 is 2.27 bits per heavy atom. The van der Waals surface area contributed by atoms with E-state index in [1.54, 1.807) is 13.0 Å². The lowest BCUT2D eigenvalue weighted by molar-refractivity contribution is 0.0983. The second-order valence-corrected chi connectivity index (χ2v) is 3.74. The van der Waals surface area contributed by atoms with Gasteiger partial charge in [0.05, 0.1) is 4.47 Å². The van der Waals surface area contributed by atoms with E-state index in [-0.39, 0.29) is 10.3 Å². The third kappa shape index (κ3) is 3.17. The van der Waals surface area contributed by atoms with Crippen LogP contribution >= 0.6 is 15.9 Å². The Kier molecular flexibility index (Phi) is 4.51. The molecule has 0 spiro atoms. The predicted molar refractivity (Wildman–Crippen MR) is 61.1 cm³/mol. The molecule has 78 valence electrons. The molecule has 0 saturated heterocycles. The molecule has 0 N–H and O–H groups in total. The van der Waals surface area contributed by atoms with Crippen LogP contribution in [0.1, 0.15) is 30.1 Å². The Labute approximate surface area is 96.8 Å². The van der Waals surface area contributed by atoms with Gasteiger partial charge in [0.25, 0.3) is 0 Å². The summed E-state index contributed by atoms with van der Waals surface area (Å²) in [4.78, 5) is 11.6. The molecule has 0 heterocycles. The molecule has 0 aliphatic rings. The summed E-state index contributed by atoms with van der Waals surface area (Å²) in [6.45, 7) is 1.72. The van der Waals surface area contributed by atoms with Gasteiger partial charge in [-0.1, -0.05) is 12.1 Å². The van der Waals surface area contributed by atoms with Gasteiger partial charge in [0.1, 0.15) is 5.82 Å². The maximum Gasteiger partial charge on any atom is 0.165 e. The topological polar surface area (TPSA) is 17.1 Å². The maximum absolute atomic E-state index is 13.1. The summed E-state index contributed by atoms with van der Waals surface area (Å²) in [5.41, 5.74) is 0.382.